The third-order valence-electron chi connectivity index (χ3n) is 2.43. The van der Waals surface area contributed by atoms with E-state index in [1.165, 1.54) is 0 Å². The van der Waals surface area contributed by atoms with E-state index in [0.29, 0.717) is 12.2 Å². The molecule has 78 valence electrons. The van der Waals surface area contributed by atoms with Crippen molar-refractivity contribution in [2.45, 2.75) is 6.42 Å². The average molecular weight is 212 g/mol. The largest absolute Gasteiger partial charge is 0.310 e. The van der Waals surface area contributed by atoms with Crippen LogP contribution in [0.2, 0.25) is 0 Å². The fourth-order valence-electron chi connectivity index (χ4n) is 1.70. The van der Waals surface area contributed by atoms with E-state index >= 15 is 0 Å². The van der Waals surface area contributed by atoms with Crippen molar-refractivity contribution in [2.24, 2.45) is 0 Å². The minimum atomic E-state index is -0.0150. The van der Waals surface area contributed by atoms with Gasteiger partial charge >= 0.3 is 0 Å². The Hall–Kier alpha value is -2.30. The average Bonchev–Trinajstić information content (AvgIpc) is 2.69. The Bertz CT molecular complexity index is 553. The van der Waals surface area contributed by atoms with Crippen molar-refractivity contribution in [3.05, 3.63) is 36.4 Å². The molecule has 5 heteroatoms. The van der Waals surface area contributed by atoms with Gasteiger partial charge in [-0.2, -0.15) is 0 Å². The van der Waals surface area contributed by atoms with E-state index in [0.717, 1.165) is 16.8 Å². The van der Waals surface area contributed by atoms with Gasteiger partial charge in [-0.15, -0.1) is 0 Å². The lowest BCUT2D eigenvalue weighted by Crippen LogP contribution is -2.04. The zero-order chi connectivity index (χ0) is 11.0. The molecule has 2 aromatic heterocycles. The minimum Gasteiger partial charge on any atom is -0.310 e. The Morgan fingerprint density at radius 1 is 1.19 bits per heavy atom. The summed E-state index contributed by atoms with van der Waals surface area (Å²) < 4.78 is 0. The third kappa shape index (κ3) is 1.42. The Labute approximate surface area is 91.6 Å². The summed E-state index contributed by atoms with van der Waals surface area (Å²) >= 11 is 0. The predicted molar refractivity (Wildman–Crippen MR) is 57.6 cm³/mol. The number of fused-ring (bicyclic) bond motifs is 1. The van der Waals surface area contributed by atoms with Gasteiger partial charge in [0.2, 0.25) is 5.91 Å². The highest BCUT2D eigenvalue weighted by Gasteiger charge is 2.19. The first-order chi connectivity index (χ1) is 7.83. The topological polar surface area (TPSA) is 67.8 Å². The SMILES string of the molecule is O=C1Cc2cc(-c3cnccn3)cnc2N1. The van der Waals surface area contributed by atoms with Gasteiger partial charge in [0.05, 0.1) is 18.3 Å². The van der Waals surface area contributed by atoms with Crippen LogP contribution in [0.3, 0.4) is 0 Å². The van der Waals surface area contributed by atoms with Gasteiger partial charge in [0.1, 0.15) is 5.82 Å². The second-order valence-corrected chi connectivity index (χ2v) is 3.55. The van der Waals surface area contributed by atoms with E-state index in [1.54, 1.807) is 24.8 Å². The maximum absolute atomic E-state index is 11.2. The maximum Gasteiger partial charge on any atom is 0.230 e. The normalized spacial score (nSPS) is 13.4. The highest BCUT2D eigenvalue weighted by Crippen LogP contribution is 2.24. The van der Waals surface area contributed by atoms with E-state index < -0.39 is 0 Å². The van der Waals surface area contributed by atoms with Crippen LogP contribution in [-0.2, 0) is 11.2 Å². The number of hydrogen-bond acceptors (Lipinski definition) is 4. The number of carbonyl (C=O) groups excluding carboxylic acids is 1. The summed E-state index contributed by atoms with van der Waals surface area (Å²) in [5.74, 6) is 0.636. The number of nitrogens with zero attached hydrogens (tertiary/aromatic N) is 3. The second-order valence-electron chi connectivity index (χ2n) is 3.55. The van der Waals surface area contributed by atoms with Crippen molar-refractivity contribution in [3.8, 4) is 11.3 Å². The van der Waals surface area contributed by atoms with Gasteiger partial charge in [0.25, 0.3) is 0 Å². The van der Waals surface area contributed by atoms with E-state index in [4.69, 9.17) is 0 Å². The van der Waals surface area contributed by atoms with Crippen LogP contribution in [0.15, 0.2) is 30.9 Å². The Kier molecular flexibility index (Phi) is 1.89. The summed E-state index contributed by atoms with van der Waals surface area (Å²) in [7, 11) is 0. The molecule has 1 aliphatic heterocycles. The number of carbonyl (C=O) groups is 1. The number of rotatable bonds is 1. The van der Waals surface area contributed by atoms with Crippen molar-refractivity contribution in [2.75, 3.05) is 5.32 Å². The zero-order valence-corrected chi connectivity index (χ0v) is 8.34. The molecule has 0 saturated carbocycles. The molecule has 0 saturated heterocycles. The highest BCUT2D eigenvalue weighted by molar-refractivity contribution is 5.98. The van der Waals surface area contributed by atoms with E-state index in [1.807, 2.05) is 6.07 Å². The lowest BCUT2D eigenvalue weighted by molar-refractivity contribution is -0.115. The molecular formula is C11H8N4O. The minimum absolute atomic E-state index is 0.0150. The summed E-state index contributed by atoms with van der Waals surface area (Å²) in [6, 6.07) is 1.92. The number of amides is 1. The van der Waals surface area contributed by atoms with Crippen molar-refractivity contribution >= 4 is 11.7 Å². The monoisotopic (exact) mass is 212 g/mol. The summed E-state index contributed by atoms with van der Waals surface area (Å²) in [5.41, 5.74) is 2.55. The summed E-state index contributed by atoms with van der Waals surface area (Å²) in [6.45, 7) is 0. The molecule has 0 spiro atoms. The fourth-order valence-corrected chi connectivity index (χ4v) is 1.70. The number of hydrogen-bond donors (Lipinski definition) is 1. The van der Waals surface area contributed by atoms with Gasteiger partial charge in [0.15, 0.2) is 0 Å². The molecule has 1 N–H and O–H groups in total. The molecule has 0 aromatic carbocycles. The predicted octanol–water partition coefficient (Wildman–Crippen LogP) is 1.03. The molecule has 16 heavy (non-hydrogen) atoms. The molecule has 5 nitrogen and oxygen atoms in total. The molecule has 0 unspecified atom stereocenters. The van der Waals surface area contributed by atoms with Crippen LogP contribution >= 0.6 is 0 Å². The fraction of sp³-hybridized carbons (Fsp3) is 0.0909. The van der Waals surface area contributed by atoms with Crippen LogP contribution in [0.1, 0.15) is 5.56 Å². The van der Waals surface area contributed by atoms with Gasteiger partial charge in [-0.05, 0) is 6.07 Å². The van der Waals surface area contributed by atoms with Crippen LogP contribution < -0.4 is 5.32 Å². The maximum atomic E-state index is 11.2. The summed E-state index contributed by atoms with van der Waals surface area (Å²) in [4.78, 5) is 23.5. The first kappa shape index (κ1) is 8.96. The van der Waals surface area contributed by atoms with Crippen LogP contribution in [0.5, 0.6) is 0 Å². The van der Waals surface area contributed by atoms with Crippen LogP contribution in [-0.4, -0.2) is 20.9 Å². The van der Waals surface area contributed by atoms with Crippen molar-refractivity contribution in [1.82, 2.24) is 15.0 Å². The lowest BCUT2D eigenvalue weighted by atomic mass is 10.1. The van der Waals surface area contributed by atoms with Crippen molar-refractivity contribution in [1.29, 1.82) is 0 Å². The van der Waals surface area contributed by atoms with Crippen LogP contribution in [0.4, 0.5) is 5.82 Å². The van der Waals surface area contributed by atoms with Gasteiger partial charge in [0, 0.05) is 29.7 Å². The summed E-state index contributed by atoms with van der Waals surface area (Å²) in [6.07, 6.45) is 7.00. The zero-order valence-electron chi connectivity index (χ0n) is 8.34. The first-order valence-corrected chi connectivity index (χ1v) is 4.88. The van der Waals surface area contributed by atoms with Crippen LogP contribution in [0, 0.1) is 0 Å². The molecule has 0 aliphatic carbocycles. The Balaban J connectivity index is 2.06. The van der Waals surface area contributed by atoms with Gasteiger partial charge < -0.3 is 5.32 Å². The summed E-state index contributed by atoms with van der Waals surface area (Å²) in [5, 5.41) is 2.69. The third-order valence-corrected chi connectivity index (χ3v) is 2.43. The molecule has 3 heterocycles. The molecule has 0 fully saturated rings. The van der Waals surface area contributed by atoms with Crippen molar-refractivity contribution in [3.63, 3.8) is 0 Å². The number of pyridine rings is 1. The van der Waals surface area contributed by atoms with E-state index in [-0.39, 0.29) is 5.91 Å². The Morgan fingerprint density at radius 2 is 2.12 bits per heavy atom. The second kappa shape index (κ2) is 3.37. The smallest absolute Gasteiger partial charge is 0.230 e. The quantitative estimate of drug-likeness (QED) is 0.766. The number of nitrogens with one attached hydrogen (secondary N) is 1. The van der Waals surface area contributed by atoms with Gasteiger partial charge in [-0.1, -0.05) is 0 Å². The standard InChI is InChI=1S/C11H8N4O/c16-10-4-7-3-8(5-14-11(7)15-10)9-6-12-1-2-13-9/h1-3,5-6H,4H2,(H,14,15,16). The van der Waals surface area contributed by atoms with Gasteiger partial charge in [-0.25, -0.2) is 4.98 Å². The van der Waals surface area contributed by atoms with Crippen molar-refractivity contribution < 1.29 is 4.79 Å². The molecular weight excluding hydrogens is 204 g/mol. The molecule has 0 bridgehead atoms. The molecule has 2 aromatic rings. The lowest BCUT2D eigenvalue weighted by Gasteiger charge is -2.01. The molecule has 1 aliphatic rings. The van der Waals surface area contributed by atoms with E-state index in [9.17, 15) is 4.79 Å². The number of aromatic nitrogens is 3. The molecule has 1 amide bonds. The highest BCUT2D eigenvalue weighted by atomic mass is 16.1. The van der Waals surface area contributed by atoms with Gasteiger partial charge in [-0.3, -0.25) is 14.8 Å². The number of anilines is 1. The molecule has 0 atom stereocenters. The van der Waals surface area contributed by atoms with Crippen LogP contribution in [0.25, 0.3) is 11.3 Å². The molecule has 0 radical (unpaired) electrons. The molecule has 3 rings (SSSR count). The Morgan fingerprint density at radius 3 is 2.94 bits per heavy atom. The van der Waals surface area contributed by atoms with E-state index in [2.05, 4.69) is 20.3 Å². The first-order valence-electron chi connectivity index (χ1n) is 4.88.